The number of benzene rings is 2. The Balaban J connectivity index is 0.00000161. The molecule has 21 heavy (non-hydrogen) atoms. The van der Waals surface area contributed by atoms with Crippen LogP contribution in [0, 0.1) is 0 Å². The molecular weight excluding hydrogens is 354 g/mol. The number of rotatable bonds is 2. The fourth-order valence-corrected chi connectivity index (χ4v) is 3.18. The summed E-state index contributed by atoms with van der Waals surface area (Å²) >= 11 is 6.30. The number of hydrogen-bond acceptors (Lipinski definition) is 3. The molecule has 1 heterocycles. The lowest BCUT2D eigenvalue weighted by Crippen LogP contribution is -2.09. The third-order valence-electron chi connectivity index (χ3n) is 3.95. The smallest absolute Gasteiger partial charge is 0.157 e. The summed E-state index contributed by atoms with van der Waals surface area (Å²) in [7, 11) is 0. The summed E-state index contributed by atoms with van der Waals surface area (Å²) in [6, 6.07) is 12.9. The highest BCUT2D eigenvalue weighted by atomic mass is 79.9. The predicted molar refractivity (Wildman–Crippen MR) is 89.9 cm³/mol. The average molecular weight is 371 g/mol. The molecule has 0 radical (unpaired) electrons. The van der Waals surface area contributed by atoms with Crippen molar-refractivity contribution < 1.29 is 10.2 Å². The van der Waals surface area contributed by atoms with E-state index in [9.17, 15) is 10.2 Å². The largest absolute Gasteiger partial charge is 0.504 e. The van der Waals surface area contributed by atoms with Gasteiger partial charge in [0.05, 0.1) is 0 Å². The van der Waals surface area contributed by atoms with Gasteiger partial charge in [0.25, 0.3) is 0 Å². The van der Waals surface area contributed by atoms with Crippen molar-refractivity contribution in [2.75, 3.05) is 13.1 Å². The van der Waals surface area contributed by atoms with Crippen molar-refractivity contribution >= 4 is 28.6 Å². The van der Waals surface area contributed by atoms with Crippen LogP contribution >= 0.6 is 28.6 Å². The number of hydrogen-bond donors (Lipinski definition) is 3. The van der Waals surface area contributed by atoms with Gasteiger partial charge in [0, 0.05) is 29.9 Å². The normalized spacial score (nSPS) is 21.0. The van der Waals surface area contributed by atoms with Crippen molar-refractivity contribution in [2.24, 2.45) is 0 Å². The molecule has 2 aromatic carbocycles. The third-order valence-corrected chi connectivity index (χ3v) is 4.29. The van der Waals surface area contributed by atoms with E-state index in [2.05, 4.69) is 5.32 Å². The van der Waals surface area contributed by atoms with E-state index in [0.717, 1.165) is 29.2 Å². The minimum absolute atomic E-state index is 0. The summed E-state index contributed by atoms with van der Waals surface area (Å²) in [6.07, 6.45) is 0. The Kier molecular flexibility index (Phi) is 5.14. The molecule has 0 unspecified atom stereocenters. The lowest BCUT2D eigenvalue weighted by Gasteiger charge is -2.20. The Labute approximate surface area is 139 Å². The van der Waals surface area contributed by atoms with Gasteiger partial charge in [0.2, 0.25) is 0 Å². The summed E-state index contributed by atoms with van der Waals surface area (Å²) in [5.74, 6) is 0.343. The zero-order valence-corrected chi connectivity index (χ0v) is 13.8. The second-order valence-corrected chi connectivity index (χ2v) is 5.55. The molecule has 1 fully saturated rings. The van der Waals surface area contributed by atoms with Crippen molar-refractivity contribution in [2.45, 2.75) is 11.8 Å². The van der Waals surface area contributed by atoms with Crippen molar-refractivity contribution in [3.63, 3.8) is 0 Å². The summed E-state index contributed by atoms with van der Waals surface area (Å²) < 4.78 is 0. The third kappa shape index (κ3) is 3.18. The SMILES string of the molecule is Br.Oc1ccc([C@@H]2CNC[C@H]2c2ccccc2Cl)cc1O. The minimum Gasteiger partial charge on any atom is -0.504 e. The first-order chi connectivity index (χ1) is 9.66. The van der Waals surface area contributed by atoms with Crippen LogP contribution in [0.15, 0.2) is 42.5 Å². The Hall–Kier alpha value is -1.23. The standard InChI is InChI=1S/C16H16ClNO2.BrH/c17-14-4-2-1-3-11(14)13-9-18-8-12(13)10-5-6-15(19)16(20)7-10;/h1-7,12-13,18-20H,8-9H2;1H/t12-,13-;/m0./s1. The van der Waals surface area contributed by atoms with E-state index in [0.29, 0.717) is 0 Å². The van der Waals surface area contributed by atoms with Crippen molar-refractivity contribution in [1.29, 1.82) is 0 Å². The van der Waals surface area contributed by atoms with Crippen LogP contribution in [0.25, 0.3) is 0 Å². The van der Waals surface area contributed by atoms with Crippen LogP contribution in [-0.2, 0) is 0 Å². The Morgan fingerprint density at radius 2 is 1.67 bits per heavy atom. The number of aromatic hydroxyl groups is 2. The molecule has 0 aromatic heterocycles. The van der Waals surface area contributed by atoms with Gasteiger partial charge in [-0.1, -0.05) is 35.9 Å². The van der Waals surface area contributed by atoms with Gasteiger partial charge in [-0.3, -0.25) is 0 Å². The van der Waals surface area contributed by atoms with Gasteiger partial charge < -0.3 is 15.5 Å². The highest BCUT2D eigenvalue weighted by molar-refractivity contribution is 8.93. The lowest BCUT2D eigenvalue weighted by atomic mass is 9.84. The van der Waals surface area contributed by atoms with Gasteiger partial charge in [-0.25, -0.2) is 0 Å². The first-order valence-corrected chi connectivity index (χ1v) is 7.01. The maximum atomic E-state index is 9.68. The van der Waals surface area contributed by atoms with Gasteiger partial charge >= 0.3 is 0 Å². The topological polar surface area (TPSA) is 52.5 Å². The molecule has 0 bridgehead atoms. The molecule has 1 aliphatic heterocycles. The van der Waals surface area contributed by atoms with E-state index in [1.807, 2.05) is 30.3 Å². The molecular formula is C16H17BrClNO2. The summed E-state index contributed by atoms with van der Waals surface area (Å²) in [4.78, 5) is 0. The molecule has 0 aliphatic carbocycles. The van der Waals surface area contributed by atoms with Crippen LogP contribution in [0.1, 0.15) is 23.0 Å². The Morgan fingerprint density at radius 3 is 2.38 bits per heavy atom. The monoisotopic (exact) mass is 369 g/mol. The maximum absolute atomic E-state index is 9.68. The molecule has 1 saturated heterocycles. The van der Waals surface area contributed by atoms with E-state index in [4.69, 9.17) is 11.6 Å². The van der Waals surface area contributed by atoms with Crippen molar-refractivity contribution in [3.8, 4) is 11.5 Å². The van der Waals surface area contributed by atoms with E-state index in [1.165, 1.54) is 6.07 Å². The number of nitrogens with one attached hydrogen (secondary N) is 1. The zero-order chi connectivity index (χ0) is 14.1. The number of phenols is 2. The average Bonchev–Trinajstić information content (AvgIpc) is 2.91. The summed E-state index contributed by atoms with van der Waals surface area (Å²) in [6.45, 7) is 1.69. The molecule has 3 rings (SSSR count). The molecule has 3 N–H and O–H groups in total. The Morgan fingerprint density at radius 1 is 0.952 bits per heavy atom. The van der Waals surface area contributed by atoms with Gasteiger partial charge in [-0.2, -0.15) is 0 Å². The highest BCUT2D eigenvalue weighted by Gasteiger charge is 2.31. The fraction of sp³-hybridized carbons (Fsp3) is 0.250. The Bertz CT molecular complexity index is 635. The quantitative estimate of drug-likeness (QED) is 0.705. The van der Waals surface area contributed by atoms with Crippen LogP contribution in [0.2, 0.25) is 5.02 Å². The highest BCUT2D eigenvalue weighted by Crippen LogP contribution is 2.40. The maximum Gasteiger partial charge on any atom is 0.157 e. The van der Waals surface area contributed by atoms with Gasteiger partial charge in [-0.15, -0.1) is 17.0 Å². The van der Waals surface area contributed by atoms with Crippen LogP contribution in [0.4, 0.5) is 0 Å². The van der Waals surface area contributed by atoms with Crippen molar-refractivity contribution in [3.05, 3.63) is 58.6 Å². The minimum atomic E-state index is -0.0889. The molecule has 112 valence electrons. The molecule has 0 spiro atoms. The van der Waals surface area contributed by atoms with Gasteiger partial charge in [-0.05, 0) is 29.3 Å². The van der Waals surface area contributed by atoms with Crippen molar-refractivity contribution in [1.82, 2.24) is 5.32 Å². The molecule has 0 amide bonds. The lowest BCUT2D eigenvalue weighted by molar-refractivity contribution is 0.402. The summed E-state index contributed by atoms with van der Waals surface area (Å²) in [5.41, 5.74) is 2.13. The molecule has 1 aliphatic rings. The van der Waals surface area contributed by atoms with Crippen LogP contribution < -0.4 is 5.32 Å². The second-order valence-electron chi connectivity index (χ2n) is 5.14. The zero-order valence-electron chi connectivity index (χ0n) is 11.3. The molecule has 0 saturated carbocycles. The summed E-state index contributed by atoms with van der Waals surface area (Å²) in [5, 5.41) is 23.3. The van der Waals surface area contributed by atoms with Gasteiger partial charge in [0.1, 0.15) is 0 Å². The van der Waals surface area contributed by atoms with E-state index >= 15 is 0 Å². The molecule has 2 atom stereocenters. The van der Waals surface area contributed by atoms with Crippen LogP contribution in [0.3, 0.4) is 0 Å². The first-order valence-electron chi connectivity index (χ1n) is 6.64. The predicted octanol–water partition coefficient (Wildman–Crippen LogP) is 3.80. The van der Waals surface area contributed by atoms with E-state index < -0.39 is 0 Å². The molecule has 5 heteroatoms. The van der Waals surface area contributed by atoms with Gasteiger partial charge in [0.15, 0.2) is 11.5 Å². The fourth-order valence-electron chi connectivity index (χ4n) is 2.90. The number of halogens is 2. The van der Waals surface area contributed by atoms with Crippen LogP contribution in [-0.4, -0.2) is 23.3 Å². The van der Waals surface area contributed by atoms with Crippen LogP contribution in [0.5, 0.6) is 11.5 Å². The number of phenolic OH excluding ortho intramolecular Hbond substituents is 2. The molecule has 2 aromatic rings. The second kappa shape index (κ2) is 6.69. The molecule has 3 nitrogen and oxygen atoms in total. The first kappa shape index (κ1) is 16.1. The van der Waals surface area contributed by atoms with E-state index in [1.54, 1.807) is 6.07 Å². The van der Waals surface area contributed by atoms with E-state index in [-0.39, 0.29) is 40.3 Å².